The zero-order valence-corrected chi connectivity index (χ0v) is 42.8. The fourth-order valence-electron chi connectivity index (χ4n) is 13.1. The summed E-state index contributed by atoms with van der Waals surface area (Å²) in [7, 11) is 1.85. The highest BCUT2D eigenvalue weighted by atomic mass is 16.5. The first-order chi connectivity index (χ1) is 34.9. The van der Waals surface area contributed by atoms with Gasteiger partial charge in [-0.3, -0.25) is 34.1 Å². The van der Waals surface area contributed by atoms with Crippen LogP contribution >= 0.6 is 0 Å². The molecule has 4 amide bonds. The Balaban J connectivity index is 0.603. The highest BCUT2D eigenvalue weighted by molar-refractivity contribution is 6.01. The molecule has 1 spiro atoms. The third kappa shape index (κ3) is 11.3. The lowest BCUT2D eigenvalue weighted by Gasteiger charge is -2.55. The van der Waals surface area contributed by atoms with Crippen LogP contribution < -0.4 is 20.9 Å². The summed E-state index contributed by atoms with van der Waals surface area (Å²) in [4.78, 5) is 85.8. The molecule has 1 unspecified atom stereocenters. The third-order valence-corrected chi connectivity index (χ3v) is 17.4. The smallest absolute Gasteiger partial charge is 0.343 e. The number of benzene rings is 1. The molecule has 1 atom stereocenters. The van der Waals surface area contributed by atoms with Crippen molar-refractivity contribution >= 4 is 52.7 Å². The number of imide groups is 1. The van der Waals surface area contributed by atoms with E-state index in [0.717, 1.165) is 147 Å². The first-order valence-corrected chi connectivity index (χ1v) is 27.2. The predicted molar refractivity (Wildman–Crippen MR) is 274 cm³/mol. The molecule has 0 radical (unpaired) electrons. The van der Waals surface area contributed by atoms with Gasteiger partial charge in [0.05, 0.1) is 30.1 Å². The van der Waals surface area contributed by atoms with Crippen molar-refractivity contribution in [2.75, 3.05) is 94.1 Å². The molecule has 5 aliphatic heterocycles. The number of aryl methyl sites for hydroxylation is 2. The van der Waals surface area contributed by atoms with Crippen LogP contribution in [0.5, 0.6) is 0 Å². The van der Waals surface area contributed by atoms with Crippen LogP contribution in [0.2, 0.25) is 0 Å². The van der Waals surface area contributed by atoms with Crippen molar-refractivity contribution in [3.8, 4) is 0 Å². The van der Waals surface area contributed by atoms with Crippen molar-refractivity contribution in [1.82, 2.24) is 44.7 Å². The van der Waals surface area contributed by atoms with Crippen LogP contribution in [0.4, 0.5) is 23.1 Å². The van der Waals surface area contributed by atoms with Gasteiger partial charge >= 0.3 is 5.97 Å². The highest BCUT2D eigenvalue weighted by Crippen LogP contribution is 2.43. The number of piperazine rings is 1. The van der Waals surface area contributed by atoms with E-state index in [0.29, 0.717) is 59.1 Å². The molecule has 2 saturated carbocycles. The average Bonchev–Trinajstić information content (AvgIpc) is 3.79. The van der Waals surface area contributed by atoms with Crippen LogP contribution in [0.15, 0.2) is 36.7 Å². The monoisotopic (exact) mass is 989 g/mol. The van der Waals surface area contributed by atoms with E-state index in [1.807, 2.05) is 13.2 Å². The SMILES string of the molecule is CCOC(=O)c1c(C)nc(Nc2cnn(C)c2)nc1NC1CCC(N2CCN(C(=O)C3CCC(C(=O)N4CCC(CN5CCC6(CC5)CN(c5ccc(C7CCC(=O)NC7=O)cc5)C6)CC4)CC3)CC2)CC1. The first-order valence-electron chi connectivity index (χ1n) is 27.2. The van der Waals surface area contributed by atoms with Gasteiger partial charge in [0.15, 0.2) is 0 Å². The van der Waals surface area contributed by atoms with Gasteiger partial charge in [0.2, 0.25) is 29.6 Å². The molecule has 388 valence electrons. The summed E-state index contributed by atoms with van der Waals surface area (Å²) in [6.45, 7) is 14.4. The Labute approximate surface area is 424 Å². The molecular weight excluding hydrogens is 913 g/mol. The van der Waals surface area contributed by atoms with Crippen molar-refractivity contribution in [2.24, 2.45) is 30.2 Å². The average molecular weight is 989 g/mol. The number of ether oxygens (including phenoxy) is 1. The van der Waals surface area contributed by atoms with Crippen LogP contribution in [0.1, 0.15) is 124 Å². The van der Waals surface area contributed by atoms with Crippen molar-refractivity contribution < 1.29 is 28.7 Å². The lowest BCUT2D eigenvalue weighted by Crippen LogP contribution is -2.60. The molecule has 72 heavy (non-hydrogen) atoms. The Morgan fingerprint density at radius 2 is 1.44 bits per heavy atom. The van der Waals surface area contributed by atoms with E-state index in [1.54, 1.807) is 24.7 Å². The number of aromatic nitrogens is 4. The van der Waals surface area contributed by atoms with Gasteiger partial charge in [-0.15, -0.1) is 0 Å². The molecule has 1 aromatic carbocycles. The molecule has 18 heteroatoms. The number of piperidine rings is 3. The summed E-state index contributed by atoms with van der Waals surface area (Å²) in [5, 5.41) is 13.5. The van der Waals surface area contributed by atoms with E-state index in [-0.39, 0.29) is 48.1 Å². The number of rotatable bonds is 13. The lowest BCUT2D eigenvalue weighted by molar-refractivity contribution is -0.143. The summed E-state index contributed by atoms with van der Waals surface area (Å²) in [6, 6.07) is 9.00. The Kier molecular flexibility index (Phi) is 15.2. The number of nitrogens with zero attached hydrogens (tertiary/aromatic N) is 9. The van der Waals surface area contributed by atoms with Gasteiger partial charge in [-0.05, 0) is 134 Å². The van der Waals surface area contributed by atoms with Gasteiger partial charge in [-0.2, -0.15) is 10.1 Å². The van der Waals surface area contributed by atoms with E-state index in [9.17, 15) is 24.0 Å². The molecular formula is C54H76N12O6. The normalized spacial score (nSPS) is 26.5. The second kappa shape index (κ2) is 21.8. The molecule has 7 aliphatic rings. The molecule has 18 nitrogen and oxygen atoms in total. The van der Waals surface area contributed by atoms with Crippen LogP contribution in [0.25, 0.3) is 0 Å². The molecule has 3 N–H and O–H groups in total. The summed E-state index contributed by atoms with van der Waals surface area (Å²) in [6.07, 6.45) is 16.3. The van der Waals surface area contributed by atoms with Crippen molar-refractivity contribution in [3.63, 3.8) is 0 Å². The number of hydrogen-bond acceptors (Lipinski definition) is 14. The minimum atomic E-state index is -0.433. The van der Waals surface area contributed by atoms with Crippen LogP contribution in [-0.4, -0.2) is 160 Å². The Morgan fingerprint density at radius 3 is 2.06 bits per heavy atom. The number of carbonyl (C=O) groups excluding carboxylic acids is 5. The van der Waals surface area contributed by atoms with Gasteiger partial charge < -0.3 is 35.0 Å². The minimum absolute atomic E-state index is 0.0166. The zero-order chi connectivity index (χ0) is 49.9. The van der Waals surface area contributed by atoms with E-state index in [4.69, 9.17) is 9.72 Å². The maximum Gasteiger partial charge on any atom is 0.343 e. The number of carbonyl (C=O) groups is 5. The van der Waals surface area contributed by atoms with E-state index < -0.39 is 5.97 Å². The minimum Gasteiger partial charge on any atom is -0.462 e. The van der Waals surface area contributed by atoms with Gasteiger partial charge in [0.25, 0.3) is 0 Å². The number of esters is 1. The fourth-order valence-corrected chi connectivity index (χ4v) is 13.1. The third-order valence-electron chi connectivity index (χ3n) is 17.4. The topological polar surface area (TPSA) is 190 Å². The molecule has 2 aliphatic carbocycles. The molecule has 7 heterocycles. The van der Waals surface area contributed by atoms with Gasteiger partial charge in [0.1, 0.15) is 11.4 Å². The molecule has 0 bridgehead atoms. The lowest BCUT2D eigenvalue weighted by atomic mass is 9.71. The van der Waals surface area contributed by atoms with E-state index in [2.05, 4.69) is 74.8 Å². The van der Waals surface area contributed by atoms with Crippen LogP contribution in [0, 0.1) is 30.1 Å². The zero-order valence-electron chi connectivity index (χ0n) is 42.8. The highest BCUT2D eigenvalue weighted by Gasteiger charge is 2.45. The second-order valence-corrected chi connectivity index (χ2v) is 22.2. The number of hydrogen-bond donors (Lipinski definition) is 3. The first kappa shape index (κ1) is 49.9. The molecule has 3 aromatic rings. The Bertz CT molecular complexity index is 2420. The quantitative estimate of drug-likeness (QED) is 0.144. The van der Waals surface area contributed by atoms with Crippen molar-refractivity contribution in [2.45, 2.75) is 122 Å². The fraction of sp³-hybridized carbons (Fsp3) is 0.667. The second-order valence-electron chi connectivity index (χ2n) is 22.2. The summed E-state index contributed by atoms with van der Waals surface area (Å²) < 4.78 is 7.09. The number of amides is 4. The maximum absolute atomic E-state index is 13.8. The number of nitrogens with one attached hydrogen (secondary N) is 3. The summed E-state index contributed by atoms with van der Waals surface area (Å²) >= 11 is 0. The Morgan fingerprint density at radius 1 is 0.792 bits per heavy atom. The van der Waals surface area contributed by atoms with Crippen molar-refractivity contribution in [3.05, 3.63) is 53.5 Å². The summed E-state index contributed by atoms with van der Waals surface area (Å²) in [5.74, 6) is 1.12. The molecule has 2 aromatic heterocycles. The number of likely N-dealkylation sites (tertiary alicyclic amines) is 2. The summed E-state index contributed by atoms with van der Waals surface area (Å²) in [5.41, 5.74) is 4.26. The molecule has 5 saturated heterocycles. The Hall–Kier alpha value is -5.62. The molecule has 10 rings (SSSR count). The van der Waals surface area contributed by atoms with Gasteiger partial charge in [-0.25, -0.2) is 9.78 Å². The molecule has 7 fully saturated rings. The van der Waals surface area contributed by atoms with E-state index in [1.165, 1.54) is 18.5 Å². The predicted octanol–water partition coefficient (Wildman–Crippen LogP) is 5.47. The van der Waals surface area contributed by atoms with Gasteiger partial charge in [0, 0.05) is 114 Å². The van der Waals surface area contributed by atoms with Gasteiger partial charge in [-0.1, -0.05) is 12.1 Å². The van der Waals surface area contributed by atoms with Crippen LogP contribution in [0.3, 0.4) is 0 Å². The maximum atomic E-state index is 13.8. The standard InChI is InChI=1S/C54H76N12O6/c1-4-72-52(71)47-36(2)56-53(58-42-31-55-61(3)33-42)60-48(47)57-41-11-15-43(16-12-41)63-27-29-65(30-28-63)51(70)40-7-5-39(6-8-40)50(69)64-23-19-37(20-24-64)32-62-25-21-54(22-26-62)34-66(35-54)44-13-9-38(10-14-44)45-17-18-46(67)59-49(45)68/h9-10,13-14,31,33,37,39-41,43,45H,4-8,11-12,15-30,32,34-35H2,1-3H3,(H,59,67,68)(H2,56,57,58,60). The largest absolute Gasteiger partial charge is 0.462 e. The van der Waals surface area contributed by atoms with E-state index >= 15 is 0 Å². The van der Waals surface area contributed by atoms with Crippen molar-refractivity contribution in [1.29, 1.82) is 0 Å². The number of anilines is 4. The van der Waals surface area contributed by atoms with Crippen LogP contribution in [-0.2, 0) is 31.0 Å².